The Morgan fingerprint density at radius 2 is 1.83 bits per heavy atom. The van der Waals surface area contributed by atoms with E-state index in [1.54, 1.807) is 31.4 Å². The molecule has 12 nitrogen and oxygen atoms in total. The molecule has 1 aliphatic heterocycles. The van der Waals surface area contributed by atoms with Crippen LogP contribution in [0.25, 0.3) is 11.4 Å². The Balaban J connectivity index is 1.64. The van der Waals surface area contributed by atoms with Crippen molar-refractivity contribution in [1.29, 1.82) is 0 Å². The van der Waals surface area contributed by atoms with Crippen LogP contribution in [0.3, 0.4) is 0 Å². The number of carbonyl (C=O) groups excluding carboxylic acids is 1. The van der Waals surface area contributed by atoms with E-state index in [1.165, 1.54) is 11.7 Å². The zero-order valence-corrected chi connectivity index (χ0v) is 24.3. The highest BCUT2D eigenvalue weighted by Gasteiger charge is 2.31. The molecule has 0 spiro atoms. The molecule has 0 saturated carbocycles. The van der Waals surface area contributed by atoms with Crippen LogP contribution >= 0.6 is 0 Å². The lowest BCUT2D eigenvalue weighted by Crippen LogP contribution is -2.22. The topological polar surface area (TPSA) is 149 Å². The second kappa shape index (κ2) is 12.3. The average molecular weight is 586 g/mol. The Morgan fingerprint density at radius 1 is 1.10 bits per heavy atom. The fraction of sp³-hybridized carbons (Fsp3) is 0.207. The lowest BCUT2D eigenvalue weighted by Gasteiger charge is -2.22. The van der Waals surface area contributed by atoms with E-state index in [1.807, 2.05) is 42.5 Å². The number of hydrogen-bond donors (Lipinski definition) is 2. The Morgan fingerprint density at radius 3 is 2.50 bits per heavy atom. The van der Waals surface area contributed by atoms with Gasteiger partial charge >= 0.3 is 0 Å². The number of anilines is 3. The summed E-state index contributed by atoms with van der Waals surface area (Å²) in [6, 6.07) is 19.8. The van der Waals surface area contributed by atoms with E-state index in [0.717, 1.165) is 18.8 Å². The standard InChI is InChI=1S/C29H30N8O4S/c1-5-36(6-2)21-15-16-23(24(17-21)30-18(3)38)31-27-26(22-9-7-8-10-25(22)41-4)33-37-29(27)32-28(34-37)19-11-13-20(14-12-19)35-42(39)40/h7-17,35H,5-6H2,1-4H3,(H,30,38)(H,39,40)/p-1. The Hall–Kier alpha value is -4.88. The summed E-state index contributed by atoms with van der Waals surface area (Å²) in [5.41, 5.74) is 4.77. The Bertz CT molecular complexity index is 1710. The third-order valence-electron chi connectivity index (χ3n) is 6.58. The quantitative estimate of drug-likeness (QED) is 0.263. The van der Waals surface area contributed by atoms with Crippen molar-refractivity contribution in [3.05, 3.63) is 78.1 Å². The largest absolute Gasteiger partial charge is 0.755 e. The monoisotopic (exact) mass is 585 g/mol. The zero-order chi connectivity index (χ0) is 29.8. The van der Waals surface area contributed by atoms with E-state index < -0.39 is 11.3 Å². The van der Waals surface area contributed by atoms with E-state index in [0.29, 0.717) is 57.0 Å². The molecule has 0 fully saturated rings. The van der Waals surface area contributed by atoms with E-state index in [-0.39, 0.29) is 5.91 Å². The molecule has 5 rings (SSSR count). The van der Waals surface area contributed by atoms with Gasteiger partial charge in [-0.15, -0.1) is 15.0 Å². The third kappa shape index (κ3) is 5.92. The summed E-state index contributed by atoms with van der Waals surface area (Å²) in [5.74, 6) is 1.17. The van der Waals surface area contributed by atoms with Crippen molar-refractivity contribution in [2.24, 2.45) is 10.1 Å². The van der Waals surface area contributed by atoms with E-state index in [2.05, 4.69) is 33.9 Å². The van der Waals surface area contributed by atoms with Gasteiger partial charge in [-0.2, -0.15) is 0 Å². The first-order valence-electron chi connectivity index (χ1n) is 13.2. The molecule has 4 aromatic rings. The lowest BCUT2D eigenvalue weighted by molar-refractivity contribution is -0.114. The number of carbonyl (C=O) groups is 1. The molecule has 0 bridgehead atoms. The number of nitrogens with zero attached hydrogens (tertiary/aromatic N) is 6. The van der Waals surface area contributed by atoms with Crippen molar-refractivity contribution in [2.45, 2.75) is 20.8 Å². The molecule has 2 N–H and O–H groups in total. The number of aliphatic imine (C=N–C) groups is 1. The molecule has 1 aromatic heterocycles. The first kappa shape index (κ1) is 28.6. The van der Waals surface area contributed by atoms with Crippen LogP contribution in [0, 0.1) is 0 Å². The SMILES string of the molecule is CCN(CC)c1ccc(N=C2C(c3ccccc3OC)=Nn3nc(-c4ccc(NS(=O)[O-])cc4)nc32)c(NC(C)=O)c1. The zero-order valence-electron chi connectivity index (χ0n) is 23.5. The number of amides is 1. The summed E-state index contributed by atoms with van der Waals surface area (Å²) in [6.07, 6.45) is 0. The van der Waals surface area contributed by atoms with Crippen molar-refractivity contribution < 1.29 is 18.3 Å². The molecule has 0 aliphatic carbocycles. The van der Waals surface area contributed by atoms with Crippen molar-refractivity contribution in [2.75, 3.05) is 35.1 Å². The number of ether oxygens (including phenoxy) is 1. The van der Waals surface area contributed by atoms with Gasteiger partial charge in [0.2, 0.25) is 11.7 Å². The molecular formula is C29H29N8O4S-. The predicted molar refractivity (Wildman–Crippen MR) is 163 cm³/mol. The molecule has 42 heavy (non-hydrogen) atoms. The molecule has 1 unspecified atom stereocenters. The van der Waals surface area contributed by atoms with Crippen molar-refractivity contribution in [3.8, 4) is 17.1 Å². The minimum atomic E-state index is -2.43. The first-order chi connectivity index (χ1) is 20.3. The van der Waals surface area contributed by atoms with Crippen LogP contribution in [0.5, 0.6) is 5.75 Å². The molecule has 3 aromatic carbocycles. The molecule has 2 heterocycles. The first-order valence-corrected chi connectivity index (χ1v) is 14.3. The molecule has 0 saturated heterocycles. The molecule has 1 atom stereocenters. The van der Waals surface area contributed by atoms with E-state index >= 15 is 0 Å². The summed E-state index contributed by atoms with van der Waals surface area (Å²) < 4.78 is 29.8. The van der Waals surface area contributed by atoms with Gasteiger partial charge in [-0.05, 0) is 68.4 Å². The van der Waals surface area contributed by atoms with Crippen molar-refractivity contribution in [1.82, 2.24) is 14.9 Å². The maximum atomic E-state index is 12.2. The molecule has 1 amide bonds. The highest BCUT2D eigenvalue weighted by atomic mass is 32.2. The van der Waals surface area contributed by atoms with Crippen LogP contribution in [0.4, 0.5) is 22.7 Å². The fourth-order valence-electron chi connectivity index (χ4n) is 4.62. The third-order valence-corrected chi connectivity index (χ3v) is 6.98. The smallest absolute Gasteiger partial charge is 0.221 e. The van der Waals surface area contributed by atoms with Gasteiger partial charge in [0.1, 0.15) is 17.2 Å². The van der Waals surface area contributed by atoms with E-state index in [4.69, 9.17) is 19.8 Å². The molecule has 13 heteroatoms. The van der Waals surface area contributed by atoms with Crippen LogP contribution in [-0.4, -0.2) is 61.2 Å². The van der Waals surface area contributed by atoms with Gasteiger partial charge in [0.05, 0.1) is 18.5 Å². The van der Waals surface area contributed by atoms with Crippen LogP contribution in [0.2, 0.25) is 0 Å². The van der Waals surface area contributed by atoms with Gasteiger partial charge in [-0.3, -0.25) is 9.00 Å². The van der Waals surface area contributed by atoms with Gasteiger partial charge in [0.25, 0.3) is 0 Å². The number of fused-ring (bicyclic) bond motifs is 1. The molecule has 216 valence electrons. The second-order valence-corrected chi connectivity index (χ2v) is 9.90. The van der Waals surface area contributed by atoms with Gasteiger partial charge in [0, 0.05) is 53.8 Å². The maximum absolute atomic E-state index is 12.2. The van der Waals surface area contributed by atoms with Gasteiger partial charge < -0.3 is 24.2 Å². The molecular weight excluding hydrogens is 556 g/mol. The van der Waals surface area contributed by atoms with E-state index in [9.17, 15) is 13.6 Å². The number of hydrogen-bond acceptors (Lipinski definition) is 9. The summed E-state index contributed by atoms with van der Waals surface area (Å²) in [7, 11) is 1.59. The highest BCUT2D eigenvalue weighted by molar-refractivity contribution is 7.80. The van der Waals surface area contributed by atoms with Crippen molar-refractivity contribution >= 4 is 51.3 Å². The molecule has 0 radical (unpaired) electrons. The van der Waals surface area contributed by atoms with Crippen LogP contribution in [0.1, 0.15) is 32.2 Å². The number of benzene rings is 3. The minimum absolute atomic E-state index is 0.220. The Kier molecular flexibility index (Phi) is 8.41. The average Bonchev–Trinajstić information content (AvgIpc) is 3.53. The Labute approximate surface area is 245 Å². The summed E-state index contributed by atoms with van der Waals surface area (Å²) in [4.78, 5) is 25.5. The number of methoxy groups -OCH3 is 1. The number of para-hydroxylation sites is 1. The normalized spacial score (nSPS) is 13.8. The van der Waals surface area contributed by atoms with Crippen LogP contribution in [0.15, 0.2) is 76.8 Å². The van der Waals surface area contributed by atoms with Crippen LogP contribution < -0.4 is 19.7 Å². The highest BCUT2D eigenvalue weighted by Crippen LogP contribution is 2.33. The van der Waals surface area contributed by atoms with Crippen molar-refractivity contribution in [3.63, 3.8) is 0 Å². The summed E-state index contributed by atoms with van der Waals surface area (Å²) in [6.45, 7) is 7.22. The van der Waals surface area contributed by atoms with Crippen LogP contribution in [-0.2, 0) is 16.1 Å². The summed E-state index contributed by atoms with van der Waals surface area (Å²) in [5, 5.41) is 12.2. The van der Waals surface area contributed by atoms with Gasteiger partial charge in [-0.1, -0.05) is 12.1 Å². The van der Waals surface area contributed by atoms with Gasteiger partial charge in [0.15, 0.2) is 5.82 Å². The second-order valence-electron chi connectivity index (χ2n) is 9.23. The maximum Gasteiger partial charge on any atom is 0.221 e. The van der Waals surface area contributed by atoms with Gasteiger partial charge in [-0.25, -0.2) is 9.98 Å². The summed E-state index contributed by atoms with van der Waals surface area (Å²) >= 11 is -2.43. The molecule has 1 aliphatic rings. The number of nitrogens with one attached hydrogen (secondary N) is 2. The fourth-order valence-corrected chi connectivity index (χ4v) is 4.95. The number of aromatic nitrogens is 3. The lowest BCUT2D eigenvalue weighted by atomic mass is 10.0. The predicted octanol–water partition coefficient (Wildman–Crippen LogP) is 4.35. The minimum Gasteiger partial charge on any atom is -0.755 e. The number of rotatable bonds is 10.